The number of methoxy groups -OCH3 is 2. The van der Waals surface area contributed by atoms with Crippen LogP contribution in [0.5, 0.6) is 11.5 Å². The minimum Gasteiger partial charge on any atom is -0.478 e. The molecule has 0 aliphatic carbocycles. The van der Waals surface area contributed by atoms with Gasteiger partial charge in [-0.25, -0.2) is 9.78 Å². The monoisotopic (exact) mass is 416 g/mol. The van der Waals surface area contributed by atoms with Crippen molar-refractivity contribution in [1.29, 1.82) is 0 Å². The summed E-state index contributed by atoms with van der Waals surface area (Å²) in [7, 11) is 3.15. The largest absolute Gasteiger partial charge is 0.478 e. The number of morpholine rings is 1. The number of benzene rings is 1. The van der Waals surface area contributed by atoms with Gasteiger partial charge in [-0.3, -0.25) is 0 Å². The highest BCUT2D eigenvalue weighted by molar-refractivity contribution is 5.99. The van der Waals surface area contributed by atoms with Crippen molar-refractivity contribution in [3.63, 3.8) is 0 Å². The third-order valence-electron chi connectivity index (χ3n) is 5.23. The van der Waals surface area contributed by atoms with E-state index < -0.39 is 24.8 Å². The Morgan fingerprint density at radius 2 is 1.90 bits per heavy atom. The van der Waals surface area contributed by atoms with Crippen LogP contribution >= 0.6 is 0 Å². The standard InChI is InChI=1S/C21H24N2O7/c1-11-19(21(24)25)14(7-15-20(11)29-12(2)28-15)13-5-6-16(22-8-13)23-9-17(26-3)30-18(10-23)27-4/h5-8,12,17-18H,9-10H2,1-4H3,(H,24,25)/t12?,17-,18+. The fourth-order valence-electron chi connectivity index (χ4n) is 3.74. The Bertz CT molecular complexity index is 935. The number of nitrogens with zero attached hydrogens (tertiary/aromatic N) is 2. The third kappa shape index (κ3) is 3.67. The molecular formula is C21H24N2O7. The molecule has 0 amide bonds. The zero-order valence-corrected chi connectivity index (χ0v) is 17.2. The van der Waals surface area contributed by atoms with Crippen LogP contribution in [0.25, 0.3) is 11.1 Å². The van der Waals surface area contributed by atoms with Crippen molar-refractivity contribution in [3.05, 3.63) is 35.5 Å². The molecule has 1 unspecified atom stereocenters. The molecule has 0 saturated carbocycles. The fraction of sp³-hybridized carbons (Fsp3) is 0.429. The molecule has 0 spiro atoms. The van der Waals surface area contributed by atoms with Gasteiger partial charge in [0.15, 0.2) is 24.1 Å². The number of fused-ring (bicyclic) bond motifs is 1. The molecule has 1 aromatic heterocycles. The summed E-state index contributed by atoms with van der Waals surface area (Å²) < 4.78 is 27.5. The van der Waals surface area contributed by atoms with Gasteiger partial charge in [0.2, 0.25) is 6.29 Å². The molecular weight excluding hydrogens is 392 g/mol. The Balaban J connectivity index is 1.67. The molecule has 160 valence electrons. The third-order valence-corrected chi connectivity index (χ3v) is 5.23. The smallest absolute Gasteiger partial charge is 0.336 e. The summed E-state index contributed by atoms with van der Waals surface area (Å²) in [6.07, 6.45) is 0.339. The highest BCUT2D eigenvalue weighted by atomic mass is 16.8. The quantitative estimate of drug-likeness (QED) is 0.788. The molecule has 2 aliphatic rings. The molecule has 2 aromatic rings. The summed E-state index contributed by atoms with van der Waals surface area (Å²) in [6, 6.07) is 5.38. The van der Waals surface area contributed by atoms with Crippen LogP contribution < -0.4 is 14.4 Å². The maximum Gasteiger partial charge on any atom is 0.336 e. The number of carboxylic acid groups (broad SMARTS) is 1. The first-order chi connectivity index (χ1) is 14.4. The number of ether oxygens (including phenoxy) is 5. The van der Waals surface area contributed by atoms with E-state index in [1.807, 2.05) is 17.0 Å². The first kappa shape index (κ1) is 20.4. The average Bonchev–Trinajstić information content (AvgIpc) is 3.13. The Morgan fingerprint density at radius 1 is 1.20 bits per heavy atom. The van der Waals surface area contributed by atoms with Gasteiger partial charge in [0.25, 0.3) is 0 Å². The molecule has 1 fully saturated rings. The van der Waals surface area contributed by atoms with Gasteiger partial charge in [-0.15, -0.1) is 0 Å². The average molecular weight is 416 g/mol. The van der Waals surface area contributed by atoms with Crippen LogP contribution in [0.1, 0.15) is 22.8 Å². The van der Waals surface area contributed by atoms with Crippen molar-refractivity contribution in [2.24, 2.45) is 0 Å². The summed E-state index contributed by atoms with van der Waals surface area (Å²) in [4.78, 5) is 18.5. The SMILES string of the molecule is CO[C@H]1CN(c2ccc(-c3cc4c(c(C)c3C(=O)O)OC(C)O4)cn2)C[C@@H](OC)O1. The molecule has 2 aliphatic heterocycles. The lowest BCUT2D eigenvalue weighted by atomic mass is 9.95. The van der Waals surface area contributed by atoms with E-state index in [0.29, 0.717) is 47.1 Å². The number of aromatic nitrogens is 1. The van der Waals surface area contributed by atoms with E-state index in [1.54, 1.807) is 40.3 Å². The number of carboxylic acids is 1. The molecule has 1 aromatic carbocycles. The van der Waals surface area contributed by atoms with Crippen LogP contribution in [0, 0.1) is 6.92 Å². The second-order valence-corrected chi connectivity index (χ2v) is 7.14. The number of pyridine rings is 1. The predicted octanol–water partition coefficient (Wildman–Crippen LogP) is 2.65. The summed E-state index contributed by atoms with van der Waals surface area (Å²) in [5.74, 6) is 0.687. The Hall–Kier alpha value is -2.88. The maximum atomic E-state index is 12.0. The number of hydrogen-bond donors (Lipinski definition) is 1. The van der Waals surface area contributed by atoms with Crippen molar-refractivity contribution >= 4 is 11.8 Å². The molecule has 4 rings (SSSR count). The number of hydrogen-bond acceptors (Lipinski definition) is 8. The summed E-state index contributed by atoms with van der Waals surface area (Å²) in [6.45, 7) is 4.49. The van der Waals surface area contributed by atoms with E-state index in [1.165, 1.54) is 0 Å². The van der Waals surface area contributed by atoms with E-state index >= 15 is 0 Å². The molecule has 3 heterocycles. The minimum atomic E-state index is -1.03. The van der Waals surface area contributed by atoms with Gasteiger partial charge < -0.3 is 33.7 Å². The Labute approximate surface area is 174 Å². The number of aromatic carboxylic acids is 1. The lowest BCUT2D eigenvalue weighted by Crippen LogP contribution is -2.49. The van der Waals surface area contributed by atoms with Gasteiger partial charge in [0.1, 0.15) is 5.82 Å². The van der Waals surface area contributed by atoms with Gasteiger partial charge in [0.05, 0.1) is 18.7 Å². The first-order valence-electron chi connectivity index (χ1n) is 9.58. The van der Waals surface area contributed by atoms with Crippen LogP contribution in [0.3, 0.4) is 0 Å². The molecule has 0 bridgehead atoms. The Morgan fingerprint density at radius 3 is 2.47 bits per heavy atom. The van der Waals surface area contributed by atoms with E-state index in [-0.39, 0.29) is 5.56 Å². The topological polar surface area (TPSA) is 99.6 Å². The van der Waals surface area contributed by atoms with E-state index in [0.717, 1.165) is 0 Å². The van der Waals surface area contributed by atoms with Crippen LogP contribution in [-0.2, 0) is 14.2 Å². The zero-order valence-electron chi connectivity index (χ0n) is 17.2. The minimum absolute atomic E-state index is 0.172. The molecule has 30 heavy (non-hydrogen) atoms. The number of rotatable bonds is 5. The second-order valence-electron chi connectivity index (χ2n) is 7.14. The van der Waals surface area contributed by atoms with Crippen LogP contribution in [0.15, 0.2) is 24.4 Å². The van der Waals surface area contributed by atoms with Crippen LogP contribution in [-0.4, -0.2) is 62.2 Å². The number of anilines is 1. The maximum absolute atomic E-state index is 12.0. The molecule has 0 radical (unpaired) electrons. The van der Waals surface area contributed by atoms with E-state index in [4.69, 9.17) is 23.7 Å². The number of carbonyl (C=O) groups is 1. The highest BCUT2D eigenvalue weighted by Crippen LogP contribution is 2.44. The van der Waals surface area contributed by atoms with Crippen LogP contribution in [0.2, 0.25) is 0 Å². The Kier molecular flexibility index (Phi) is 5.50. The highest BCUT2D eigenvalue weighted by Gasteiger charge is 2.30. The van der Waals surface area contributed by atoms with Crippen molar-refractivity contribution in [3.8, 4) is 22.6 Å². The molecule has 9 heteroatoms. The van der Waals surface area contributed by atoms with Gasteiger partial charge in [-0.2, -0.15) is 0 Å². The van der Waals surface area contributed by atoms with Gasteiger partial charge >= 0.3 is 5.97 Å². The predicted molar refractivity (Wildman–Crippen MR) is 107 cm³/mol. The van der Waals surface area contributed by atoms with Crippen molar-refractivity contribution in [2.45, 2.75) is 32.7 Å². The zero-order chi connectivity index (χ0) is 21.4. The van der Waals surface area contributed by atoms with Gasteiger partial charge in [-0.1, -0.05) is 0 Å². The van der Waals surface area contributed by atoms with Crippen molar-refractivity contribution in [1.82, 2.24) is 4.98 Å². The lowest BCUT2D eigenvalue weighted by Gasteiger charge is -2.37. The molecule has 9 nitrogen and oxygen atoms in total. The fourth-order valence-corrected chi connectivity index (χ4v) is 3.74. The van der Waals surface area contributed by atoms with Crippen molar-refractivity contribution < 1.29 is 33.6 Å². The normalized spacial score (nSPS) is 22.9. The van der Waals surface area contributed by atoms with E-state index in [9.17, 15) is 9.90 Å². The van der Waals surface area contributed by atoms with E-state index in [2.05, 4.69) is 4.98 Å². The van der Waals surface area contributed by atoms with Crippen molar-refractivity contribution in [2.75, 3.05) is 32.2 Å². The van der Waals surface area contributed by atoms with Gasteiger partial charge in [0, 0.05) is 44.0 Å². The summed E-state index contributed by atoms with van der Waals surface area (Å²) in [5.41, 5.74) is 1.90. The lowest BCUT2D eigenvalue weighted by molar-refractivity contribution is -0.235. The van der Waals surface area contributed by atoms with Crippen LogP contribution in [0.4, 0.5) is 5.82 Å². The van der Waals surface area contributed by atoms with Gasteiger partial charge in [-0.05, 0) is 25.1 Å². The summed E-state index contributed by atoms with van der Waals surface area (Å²) in [5, 5.41) is 9.81. The molecule has 3 atom stereocenters. The summed E-state index contributed by atoms with van der Waals surface area (Å²) >= 11 is 0. The molecule has 1 N–H and O–H groups in total. The first-order valence-corrected chi connectivity index (χ1v) is 9.58. The molecule has 1 saturated heterocycles. The second kappa shape index (κ2) is 8.10.